The van der Waals surface area contributed by atoms with Crippen LogP contribution in [0.2, 0.25) is 0 Å². The summed E-state index contributed by atoms with van der Waals surface area (Å²) >= 11 is 0. The van der Waals surface area contributed by atoms with Crippen LogP contribution in [0.4, 0.5) is 0 Å². The summed E-state index contributed by atoms with van der Waals surface area (Å²) in [4.78, 5) is 0. The van der Waals surface area contributed by atoms with Crippen molar-refractivity contribution in [3.63, 3.8) is 0 Å². The van der Waals surface area contributed by atoms with E-state index in [2.05, 4.69) is 14.1 Å². The Balaban J connectivity index is 2.06. The van der Waals surface area contributed by atoms with E-state index in [1.165, 1.54) is 19.4 Å². The van der Waals surface area contributed by atoms with Gasteiger partial charge >= 0.3 is 0 Å². The van der Waals surface area contributed by atoms with E-state index in [1.807, 2.05) is 6.92 Å². The molecular weight excluding hydrogens is 198 g/mol. The fourth-order valence-electron chi connectivity index (χ4n) is 2.71. The minimum atomic E-state index is -0.759. The molecule has 0 spiro atoms. The first-order chi connectivity index (χ1) is 6.50. The highest BCUT2D eigenvalue weighted by atomic mass is 32.2. The topological polar surface area (TPSA) is 26.3 Å². The normalized spacial score (nSPS) is 47.1. The van der Waals surface area contributed by atoms with Gasteiger partial charge in [0.05, 0.1) is 37.2 Å². The van der Waals surface area contributed by atoms with E-state index in [0.717, 1.165) is 10.2 Å². The van der Waals surface area contributed by atoms with E-state index in [1.54, 1.807) is 0 Å². The molecule has 2 aliphatic rings. The maximum Gasteiger partial charge on any atom is 0.130 e. The first-order valence-corrected chi connectivity index (χ1v) is 6.74. The van der Waals surface area contributed by atoms with E-state index < -0.39 is 10.8 Å². The lowest BCUT2D eigenvalue weighted by molar-refractivity contribution is -0.905. The van der Waals surface area contributed by atoms with Gasteiger partial charge in [0.15, 0.2) is 0 Å². The quantitative estimate of drug-likeness (QED) is 0.606. The minimum absolute atomic E-state index is 0.0550. The number of likely N-dealkylation sites (tertiary alicyclic amines) is 1. The second kappa shape index (κ2) is 3.58. The SMILES string of the molecule is C[C@H]1O[C@@H]([C@@H]2CCC[N+]2(C)C)C[S@]1=O. The van der Waals surface area contributed by atoms with Gasteiger partial charge in [-0.25, -0.2) is 0 Å². The fourth-order valence-corrected chi connectivity index (χ4v) is 3.87. The average Bonchev–Trinajstić information content (AvgIpc) is 2.56. The van der Waals surface area contributed by atoms with E-state index in [4.69, 9.17) is 4.74 Å². The van der Waals surface area contributed by atoms with Crippen molar-refractivity contribution in [1.29, 1.82) is 0 Å². The zero-order valence-corrected chi connectivity index (χ0v) is 10.0. The molecule has 2 rings (SSSR count). The average molecular weight is 218 g/mol. The van der Waals surface area contributed by atoms with Crippen molar-refractivity contribution < 1.29 is 13.4 Å². The van der Waals surface area contributed by atoms with Gasteiger partial charge in [0.2, 0.25) is 0 Å². The first kappa shape index (κ1) is 10.6. The van der Waals surface area contributed by atoms with Crippen LogP contribution in [0.15, 0.2) is 0 Å². The number of hydrogen-bond donors (Lipinski definition) is 0. The Morgan fingerprint density at radius 2 is 2.14 bits per heavy atom. The molecule has 0 N–H and O–H groups in total. The van der Waals surface area contributed by atoms with E-state index in [-0.39, 0.29) is 11.5 Å². The third kappa shape index (κ3) is 1.75. The zero-order chi connectivity index (χ0) is 10.3. The summed E-state index contributed by atoms with van der Waals surface area (Å²) in [7, 11) is 3.75. The van der Waals surface area contributed by atoms with Gasteiger partial charge in [-0.15, -0.1) is 0 Å². The van der Waals surface area contributed by atoms with Gasteiger partial charge in [-0.1, -0.05) is 0 Å². The lowest BCUT2D eigenvalue weighted by Crippen LogP contribution is -2.50. The van der Waals surface area contributed by atoms with Crippen LogP contribution in [-0.4, -0.2) is 52.7 Å². The number of ether oxygens (including phenoxy) is 1. The molecule has 0 aliphatic carbocycles. The van der Waals surface area contributed by atoms with E-state index >= 15 is 0 Å². The molecule has 4 atom stereocenters. The first-order valence-electron chi connectivity index (χ1n) is 5.36. The Morgan fingerprint density at radius 1 is 1.43 bits per heavy atom. The van der Waals surface area contributed by atoms with Crippen LogP contribution in [0.5, 0.6) is 0 Å². The zero-order valence-electron chi connectivity index (χ0n) is 9.23. The standard InChI is InChI=1S/C10H20NO2S/c1-8-13-10(7-14(8)12)9-5-4-6-11(9,2)3/h8-10H,4-7H2,1-3H3/q+1/t8-,9-,10+,14+/m0/s1. The second-order valence-electron chi connectivity index (χ2n) is 5.00. The molecule has 2 saturated heterocycles. The molecule has 0 unspecified atom stereocenters. The molecule has 4 heteroatoms. The molecule has 0 aromatic rings. The highest BCUT2D eigenvalue weighted by molar-refractivity contribution is 7.85. The van der Waals surface area contributed by atoms with Crippen LogP contribution in [0.3, 0.4) is 0 Å². The Bertz CT molecular complexity index is 255. The van der Waals surface area contributed by atoms with Crippen molar-refractivity contribution in [2.45, 2.75) is 37.3 Å². The Morgan fingerprint density at radius 3 is 2.57 bits per heavy atom. The summed E-state index contributed by atoms with van der Waals surface area (Å²) in [6.07, 6.45) is 2.73. The largest absolute Gasteiger partial charge is 0.355 e. The van der Waals surface area contributed by atoms with Gasteiger partial charge in [0, 0.05) is 12.8 Å². The van der Waals surface area contributed by atoms with Crippen molar-refractivity contribution in [3.8, 4) is 0 Å². The molecular formula is C10H20NO2S+. The molecule has 0 bridgehead atoms. The Hall–Kier alpha value is 0.0700. The summed E-state index contributed by atoms with van der Waals surface area (Å²) in [5.74, 6) is 0.744. The third-order valence-electron chi connectivity index (χ3n) is 3.63. The lowest BCUT2D eigenvalue weighted by Gasteiger charge is -2.34. The molecule has 0 radical (unpaired) electrons. The van der Waals surface area contributed by atoms with Crippen molar-refractivity contribution >= 4 is 10.8 Å². The van der Waals surface area contributed by atoms with Gasteiger partial charge in [0.25, 0.3) is 0 Å². The molecule has 0 aromatic carbocycles. The van der Waals surface area contributed by atoms with Gasteiger partial charge in [-0.3, -0.25) is 4.21 Å². The summed E-state index contributed by atoms with van der Waals surface area (Å²) in [6.45, 7) is 3.15. The number of nitrogens with zero attached hydrogens (tertiary/aromatic N) is 1. The number of hydrogen-bond acceptors (Lipinski definition) is 2. The molecule has 0 aromatic heterocycles. The minimum Gasteiger partial charge on any atom is -0.355 e. The van der Waals surface area contributed by atoms with E-state index in [0.29, 0.717) is 6.04 Å². The molecule has 2 heterocycles. The van der Waals surface area contributed by atoms with Crippen molar-refractivity contribution in [1.82, 2.24) is 0 Å². The predicted molar refractivity (Wildman–Crippen MR) is 57.3 cm³/mol. The van der Waals surface area contributed by atoms with Crippen molar-refractivity contribution in [2.75, 3.05) is 26.4 Å². The Kier molecular flexibility index (Phi) is 2.70. The van der Waals surface area contributed by atoms with Gasteiger partial charge in [-0.2, -0.15) is 0 Å². The summed E-state index contributed by atoms with van der Waals surface area (Å²) in [5.41, 5.74) is -0.0550. The van der Waals surface area contributed by atoms with Crippen molar-refractivity contribution in [3.05, 3.63) is 0 Å². The van der Waals surface area contributed by atoms with Crippen LogP contribution in [0.25, 0.3) is 0 Å². The summed E-state index contributed by atoms with van der Waals surface area (Å²) in [6, 6.07) is 0.559. The number of quaternary nitrogens is 1. The summed E-state index contributed by atoms with van der Waals surface area (Å²) in [5, 5.41) is 0. The van der Waals surface area contributed by atoms with Crippen LogP contribution >= 0.6 is 0 Å². The molecule has 3 nitrogen and oxygen atoms in total. The smallest absolute Gasteiger partial charge is 0.130 e. The van der Waals surface area contributed by atoms with Gasteiger partial charge in [-0.05, 0) is 6.92 Å². The predicted octanol–water partition coefficient (Wildman–Crippen LogP) is 0.719. The molecule has 82 valence electrons. The lowest BCUT2D eigenvalue weighted by atomic mass is 10.1. The highest BCUT2D eigenvalue weighted by Crippen LogP contribution is 2.30. The van der Waals surface area contributed by atoms with Crippen LogP contribution in [0, 0.1) is 0 Å². The second-order valence-corrected chi connectivity index (χ2v) is 6.76. The van der Waals surface area contributed by atoms with Crippen LogP contribution < -0.4 is 0 Å². The van der Waals surface area contributed by atoms with Crippen molar-refractivity contribution in [2.24, 2.45) is 0 Å². The van der Waals surface area contributed by atoms with Gasteiger partial charge in [0.1, 0.15) is 17.6 Å². The van der Waals surface area contributed by atoms with Crippen LogP contribution in [-0.2, 0) is 15.5 Å². The molecule has 14 heavy (non-hydrogen) atoms. The fraction of sp³-hybridized carbons (Fsp3) is 1.00. The van der Waals surface area contributed by atoms with Crippen LogP contribution in [0.1, 0.15) is 19.8 Å². The maximum atomic E-state index is 11.5. The molecule has 0 saturated carbocycles. The van der Waals surface area contributed by atoms with Gasteiger partial charge < -0.3 is 9.22 Å². The molecule has 2 aliphatic heterocycles. The third-order valence-corrected chi connectivity index (χ3v) is 5.14. The maximum absolute atomic E-state index is 11.5. The van der Waals surface area contributed by atoms with E-state index in [9.17, 15) is 4.21 Å². The highest BCUT2D eigenvalue weighted by Gasteiger charge is 2.45. The molecule has 0 amide bonds. The number of likely N-dealkylation sites (N-methyl/N-ethyl adjacent to an activating group) is 1. The number of rotatable bonds is 1. The monoisotopic (exact) mass is 218 g/mol. The summed E-state index contributed by atoms with van der Waals surface area (Å²) < 4.78 is 18.3. The molecule has 2 fully saturated rings. The Labute approximate surface area is 88.5 Å².